The van der Waals surface area contributed by atoms with Crippen LogP contribution in [-0.4, -0.2) is 49.2 Å². The van der Waals surface area contributed by atoms with Crippen molar-refractivity contribution in [3.05, 3.63) is 72.0 Å². The Morgan fingerprint density at radius 1 is 1.07 bits per heavy atom. The van der Waals surface area contributed by atoms with Crippen LogP contribution in [0, 0.1) is 0 Å². The SMILES string of the molecule is C=CC.CC.Clc1ccc(N2CCN(CCNCc3ccccn3)CC2)cc1. The minimum atomic E-state index is 0.798. The fourth-order valence-corrected chi connectivity index (χ4v) is 2.96. The van der Waals surface area contributed by atoms with Gasteiger partial charge < -0.3 is 10.2 Å². The topological polar surface area (TPSA) is 31.4 Å². The maximum atomic E-state index is 5.95. The molecule has 1 saturated heterocycles. The zero-order chi connectivity index (χ0) is 20.6. The van der Waals surface area contributed by atoms with Gasteiger partial charge in [-0.3, -0.25) is 9.88 Å². The van der Waals surface area contributed by atoms with Gasteiger partial charge in [0.1, 0.15) is 0 Å². The van der Waals surface area contributed by atoms with Crippen LogP contribution in [0.25, 0.3) is 0 Å². The summed E-state index contributed by atoms with van der Waals surface area (Å²) >= 11 is 5.95. The molecule has 1 fully saturated rings. The molecule has 1 N–H and O–H groups in total. The highest BCUT2D eigenvalue weighted by molar-refractivity contribution is 6.30. The van der Waals surface area contributed by atoms with Crippen LogP contribution in [0.4, 0.5) is 5.69 Å². The number of pyridine rings is 1. The molecule has 1 aliphatic heterocycles. The van der Waals surface area contributed by atoms with E-state index < -0.39 is 0 Å². The predicted molar refractivity (Wildman–Crippen MR) is 123 cm³/mol. The number of hydrogen-bond donors (Lipinski definition) is 1. The number of nitrogens with zero attached hydrogens (tertiary/aromatic N) is 3. The van der Waals surface area contributed by atoms with E-state index in [-0.39, 0.29) is 0 Å². The molecular formula is C23H35ClN4. The first-order valence-electron chi connectivity index (χ1n) is 10.1. The summed E-state index contributed by atoms with van der Waals surface area (Å²) in [6, 6.07) is 14.2. The van der Waals surface area contributed by atoms with Crippen molar-refractivity contribution < 1.29 is 0 Å². The van der Waals surface area contributed by atoms with Crippen LogP contribution in [0.1, 0.15) is 26.5 Å². The Labute approximate surface area is 176 Å². The second-order valence-corrected chi connectivity index (χ2v) is 6.65. The Kier molecular flexibility index (Phi) is 13.0. The molecule has 0 spiro atoms. The molecule has 28 heavy (non-hydrogen) atoms. The van der Waals surface area contributed by atoms with Crippen molar-refractivity contribution in [2.75, 3.05) is 44.2 Å². The van der Waals surface area contributed by atoms with Gasteiger partial charge in [0.25, 0.3) is 0 Å². The molecule has 2 aromatic rings. The van der Waals surface area contributed by atoms with Crippen LogP contribution in [0.2, 0.25) is 5.02 Å². The third-order valence-electron chi connectivity index (χ3n) is 4.20. The lowest BCUT2D eigenvalue weighted by atomic mass is 10.2. The summed E-state index contributed by atoms with van der Waals surface area (Å²) in [6.45, 7) is 16.5. The van der Waals surface area contributed by atoms with E-state index in [1.807, 2.05) is 51.2 Å². The van der Waals surface area contributed by atoms with E-state index in [0.717, 1.165) is 56.5 Å². The Balaban J connectivity index is 0.000000717. The molecule has 0 amide bonds. The number of allylic oxidation sites excluding steroid dienone is 1. The molecule has 1 aliphatic rings. The molecule has 2 heterocycles. The molecule has 0 saturated carbocycles. The summed E-state index contributed by atoms with van der Waals surface area (Å²) in [4.78, 5) is 9.26. The van der Waals surface area contributed by atoms with E-state index in [9.17, 15) is 0 Å². The van der Waals surface area contributed by atoms with Gasteiger partial charge in [-0.15, -0.1) is 6.58 Å². The number of nitrogens with one attached hydrogen (secondary N) is 1. The lowest BCUT2D eigenvalue weighted by molar-refractivity contribution is 0.257. The Bertz CT molecular complexity index is 623. The number of piperazine rings is 1. The predicted octanol–water partition coefficient (Wildman–Crippen LogP) is 4.87. The normalized spacial score (nSPS) is 13.6. The van der Waals surface area contributed by atoms with E-state index in [4.69, 9.17) is 11.6 Å². The van der Waals surface area contributed by atoms with Crippen LogP contribution < -0.4 is 10.2 Å². The maximum absolute atomic E-state index is 5.95. The van der Waals surface area contributed by atoms with Gasteiger partial charge in [0.05, 0.1) is 5.69 Å². The molecular weight excluding hydrogens is 368 g/mol. The van der Waals surface area contributed by atoms with Gasteiger partial charge in [-0.2, -0.15) is 0 Å². The lowest BCUT2D eigenvalue weighted by Crippen LogP contribution is -2.48. The molecule has 3 rings (SSSR count). The van der Waals surface area contributed by atoms with Gasteiger partial charge in [-0.25, -0.2) is 0 Å². The minimum absolute atomic E-state index is 0.798. The molecule has 154 valence electrons. The zero-order valence-corrected chi connectivity index (χ0v) is 18.3. The summed E-state index contributed by atoms with van der Waals surface area (Å²) in [7, 11) is 0. The zero-order valence-electron chi connectivity index (χ0n) is 17.6. The molecule has 5 heteroatoms. The van der Waals surface area contributed by atoms with E-state index in [1.54, 1.807) is 6.08 Å². The number of hydrogen-bond acceptors (Lipinski definition) is 4. The van der Waals surface area contributed by atoms with Crippen molar-refractivity contribution in [3.8, 4) is 0 Å². The summed E-state index contributed by atoms with van der Waals surface area (Å²) < 4.78 is 0. The number of aromatic nitrogens is 1. The van der Waals surface area contributed by atoms with Crippen molar-refractivity contribution in [2.45, 2.75) is 27.3 Å². The molecule has 0 aliphatic carbocycles. The van der Waals surface area contributed by atoms with E-state index in [2.05, 4.69) is 44.9 Å². The second-order valence-electron chi connectivity index (χ2n) is 6.21. The first kappa shape index (κ1) is 24.2. The molecule has 0 bridgehead atoms. The lowest BCUT2D eigenvalue weighted by Gasteiger charge is -2.36. The monoisotopic (exact) mass is 402 g/mol. The van der Waals surface area contributed by atoms with E-state index in [0.29, 0.717) is 0 Å². The third-order valence-corrected chi connectivity index (χ3v) is 4.45. The van der Waals surface area contributed by atoms with Crippen molar-refractivity contribution in [3.63, 3.8) is 0 Å². The van der Waals surface area contributed by atoms with Crippen LogP contribution >= 0.6 is 11.6 Å². The highest BCUT2D eigenvalue weighted by atomic mass is 35.5. The maximum Gasteiger partial charge on any atom is 0.0541 e. The van der Waals surface area contributed by atoms with Crippen LogP contribution in [-0.2, 0) is 6.54 Å². The fourth-order valence-electron chi connectivity index (χ4n) is 2.84. The van der Waals surface area contributed by atoms with Gasteiger partial charge >= 0.3 is 0 Å². The minimum Gasteiger partial charge on any atom is -0.369 e. The summed E-state index contributed by atoms with van der Waals surface area (Å²) in [6.07, 6.45) is 3.59. The fraction of sp³-hybridized carbons (Fsp3) is 0.435. The Hall–Kier alpha value is -1.88. The number of halogens is 1. The molecule has 4 nitrogen and oxygen atoms in total. The first-order valence-corrected chi connectivity index (χ1v) is 10.5. The summed E-state index contributed by atoms with van der Waals surface area (Å²) in [5.41, 5.74) is 2.36. The van der Waals surface area contributed by atoms with Gasteiger partial charge in [0.15, 0.2) is 0 Å². The smallest absolute Gasteiger partial charge is 0.0541 e. The average molecular weight is 403 g/mol. The molecule has 1 aromatic heterocycles. The second kappa shape index (κ2) is 15.1. The van der Waals surface area contributed by atoms with Gasteiger partial charge in [0.2, 0.25) is 0 Å². The third kappa shape index (κ3) is 9.36. The van der Waals surface area contributed by atoms with Crippen LogP contribution in [0.3, 0.4) is 0 Å². The van der Waals surface area contributed by atoms with Crippen molar-refractivity contribution in [2.24, 2.45) is 0 Å². The molecule has 0 atom stereocenters. The quantitative estimate of drug-likeness (QED) is 0.552. The van der Waals surface area contributed by atoms with E-state index >= 15 is 0 Å². The molecule has 0 radical (unpaired) electrons. The highest BCUT2D eigenvalue weighted by Gasteiger charge is 2.16. The van der Waals surface area contributed by atoms with Crippen molar-refractivity contribution in [1.82, 2.24) is 15.2 Å². The van der Waals surface area contributed by atoms with Gasteiger partial charge in [-0.1, -0.05) is 37.6 Å². The highest BCUT2D eigenvalue weighted by Crippen LogP contribution is 2.19. The standard InChI is InChI=1S/C18H23ClN4.C3H6.C2H6/c19-16-4-6-18(7-5-16)23-13-11-22(12-14-23)10-9-20-15-17-3-1-2-8-21-17;1-3-2;1-2/h1-8,20H,9-15H2;3H,1H2,2H3;1-2H3. The average Bonchev–Trinajstić information content (AvgIpc) is 2.75. The largest absolute Gasteiger partial charge is 0.369 e. The molecule has 1 aromatic carbocycles. The van der Waals surface area contributed by atoms with Gasteiger partial charge in [-0.05, 0) is 43.3 Å². The Morgan fingerprint density at radius 2 is 1.71 bits per heavy atom. The van der Waals surface area contributed by atoms with Gasteiger partial charge in [0, 0.05) is 62.7 Å². The van der Waals surface area contributed by atoms with Crippen molar-refractivity contribution >= 4 is 17.3 Å². The number of anilines is 1. The van der Waals surface area contributed by atoms with E-state index in [1.165, 1.54) is 5.69 Å². The first-order chi connectivity index (χ1) is 13.7. The van der Waals surface area contributed by atoms with Crippen LogP contribution in [0.15, 0.2) is 61.3 Å². The van der Waals surface area contributed by atoms with Crippen molar-refractivity contribution in [1.29, 1.82) is 0 Å². The Morgan fingerprint density at radius 3 is 2.29 bits per heavy atom. The number of rotatable bonds is 6. The summed E-state index contributed by atoms with van der Waals surface area (Å²) in [5.74, 6) is 0. The van der Waals surface area contributed by atoms with Crippen LogP contribution in [0.5, 0.6) is 0 Å². The summed E-state index contributed by atoms with van der Waals surface area (Å²) in [5, 5.41) is 4.26. The molecule has 0 unspecified atom stereocenters. The number of benzene rings is 1.